The largest absolute Gasteiger partial charge is 0.334 e. The Morgan fingerprint density at radius 1 is 1.12 bits per heavy atom. The summed E-state index contributed by atoms with van der Waals surface area (Å²) in [7, 11) is 0. The van der Waals surface area contributed by atoms with Crippen molar-refractivity contribution in [1.29, 1.82) is 0 Å². The third-order valence-corrected chi connectivity index (χ3v) is 6.50. The number of benzene rings is 2. The number of thioether (sulfide) groups is 1. The van der Waals surface area contributed by atoms with Gasteiger partial charge in [-0.3, -0.25) is 4.79 Å². The van der Waals surface area contributed by atoms with E-state index in [9.17, 15) is 4.79 Å². The van der Waals surface area contributed by atoms with Crippen LogP contribution in [0.4, 0.5) is 0 Å². The van der Waals surface area contributed by atoms with Crippen molar-refractivity contribution in [2.24, 2.45) is 0 Å². The molecule has 1 aliphatic heterocycles. The first-order valence-corrected chi connectivity index (χ1v) is 10.1. The van der Waals surface area contributed by atoms with Gasteiger partial charge in [0, 0.05) is 17.5 Å². The van der Waals surface area contributed by atoms with Crippen molar-refractivity contribution in [3.63, 3.8) is 0 Å². The van der Waals surface area contributed by atoms with Gasteiger partial charge in [0.1, 0.15) is 0 Å². The van der Waals surface area contributed by atoms with Gasteiger partial charge in [0.05, 0.1) is 5.25 Å². The first kappa shape index (κ1) is 16.7. The molecule has 25 heavy (non-hydrogen) atoms. The lowest BCUT2D eigenvalue weighted by Gasteiger charge is -2.25. The van der Waals surface area contributed by atoms with Crippen molar-refractivity contribution in [3.05, 3.63) is 65.2 Å². The number of nitrogens with zero attached hydrogens (tertiary/aromatic N) is 1. The highest BCUT2D eigenvalue weighted by Gasteiger charge is 2.38. The number of amides is 1. The summed E-state index contributed by atoms with van der Waals surface area (Å²) in [5.41, 5.74) is 3.92. The van der Waals surface area contributed by atoms with Crippen molar-refractivity contribution in [2.45, 2.75) is 61.8 Å². The molecule has 1 amide bonds. The van der Waals surface area contributed by atoms with Crippen LogP contribution in [0, 0.1) is 0 Å². The second-order valence-electron chi connectivity index (χ2n) is 7.51. The van der Waals surface area contributed by atoms with Gasteiger partial charge in [-0.2, -0.15) is 0 Å². The third kappa shape index (κ3) is 3.62. The molecule has 1 heterocycles. The van der Waals surface area contributed by atoms with Crippen LogP contribution < -0.4 is 0 Å². The third-order valence-electron chi connectivity index (χ3n) is 5.19. The summed E-state index contributed by atoms with van der Waals surface area (Å²) < 4.78 is 0. The highest BCUT2D eigenvalue weighted by Crippen LogP contribution is 2.39. The van der Waals surface area contributed by atoms with Gasteiger partial charge in [-0.25, -0.2) is 0 Å². The lowest BCUT2D eigenvalue weighted by atomic mass is 10.0. The summed E-state index contributed by atoms with van der Waals surface area (Å²) in [5.74, 6) is 0.861. The summed E-state index contributed by atoms with van der Waals surface area (Å²) >= 11 is 1.74. The van der Waals surface area contributed by atoms with Crippen LogP contribution in [0.5, 0.6) is 0 Å². The van der Waals surface area contributed by atoms with Crippen LogP contribution in [-0.2, 0) is 17.8 Å². The number of fused-ring (bicyclic) bond motifs is 1. The van der Waals surface area contributed by atoms with Gasteiger partial charge >= 0.3 is 0 Å². The molecule has 0 N–H and O–H groups in total. The molecule has 4 rings (SSSR count). The molecule has 130 valence electrons. The molecular formula is C22H25NOS. The highest BCUT2D eigenvalue weighted by molar-refractivity contribution is 8.01. The average molecular weight is 352 g/mol. The molecule has 0 spiro atoms. The standard InChI is InChI=1S/C22H25NOS/c1-15(2)17-9-7-16(8-10-17)14-23(19-11-12-19)22(24)21-13-18-5-3-4-6-20(18)25-21/h3-10,15,19,21H,11-14H2,1-2H3. The molecule has 1 saturated carbocycles. The summed E-state index contributed by atoms with van der Waals surface area (Å²) in [4.78, 5) is 16.6. The molecule has 1 atom stereocenters. The second kappa shape index (κ2) is 6.87. The van der Waals surface area contributed by atoms with Crippen molar-refractivity contribution >= 4 is 17.7 Å². The van der Waals surface area contributed by atoms with Gasteiger partial charge in [0.2, 0.25) is 5.91 Å². The molecule has 1 unspecified atom stereocenters. The van der Waals surface area contributed by atoms with E-state index in [0.717, 1.165) is 25.8 Å². The first-order valence-electron chi connectivity index (χ1n) is 9.25. The van der Waals surface area contributed by atoms with Crippen LogP contribution in [0.3, 0.4) is 0 Å². The van der Waals surface area contributed by atoms with E-state index in [1.165, 1.54) is 21.6 Å². The zero-order valence-electron chi connectivity index (χ0n) is 14.9. The molecular weight excluding hydrogens is 326 g/mol. The van der Waals surface area contributed by atoms with Gasteiger partial charge in [-0.15, -0.1) is 11.8 Å². The van der Waals surface area contributed by atoms with Crippen molar-refractivity contribution < 1.29 is 4.79 Å². The van der Waals surface area contributed by atoms with E-state index in [-0.39, 0.29) is 5.25 Å². The van der Waals surface area contributed by atoms with E-state index in [4.69, 9.17) is 0 Å². The zero-order valence-corrected chi connectivity index (χ0v) is 15.8. The van der Waals surface area contributed by atoms with Gasteiger partial charge in [0.25, 0.3) is 0 Å². The Bertz CT molecular complexity index is 739. The summed E-state index contributed by atoms with van der Waals surface area (Å²) in [6.07, 6.45) is 3.18. The molecule has 0 saturated heterocycles. The van der Waals surface area contributed by atoms with E-state index < -0.39 is 0 Å². The Labute approximate surface area is 154 Å². The molecule has 1 fully saturated rings. The van der Waals surface area contributed by atoms with E-state index >= 15 is 0 Å². The second-order valence-corrected chi connectivity index (χ2v) is 8.76. The van der Waals surface area contributed by atoms with E-state index in [0.29, 0.717) is 17.9 Å². The van der Waals surface area contributed by atoms with Crippen LogP contribution >= 0.6 is 11.8 Å². The Morgan fingerprint density at radius 2 is 1.84 bits per heavy atom. The average Bonchev–Trinajstić information content (AvgIpc) is 3.37. The van der Waals surface area contributed by atoms with Crippen LogP contribution in [0.15, 0.2) is 53.4 Å². The fourth-order valence-corrected chi connectivity index (χ4v) is 4.75. The van der Waals surface area contributed by atoms with Crippen LogP contribution in [-0.4, -0.2) is 22.1 Å². The van der Waals surface area contributed by atoms with Gasteiger partial charge in [-0.05, 0) is 47.9 Å². The molecule has 2 aromatic carbocycles. The summed E-state index contributed by atoms with van der Waals surface area (Å²) in [6.45, 7) is 5.17. The fraction of sp³-hybridized carbons (Fsp3) is 0.409. The maximum Gasteiger partial charge on any atom is 0.236 e. The molecule has 2 aromatic rings. The number of carbonyl (C=O) groups excluding carboxylic acids is 1. The summed E-state index contributed by atoms with van der Waals surface area (Å²) in [6, 6.07) is 17.7. The Morgan fingerprint density at radius 3 is 2.48 bits per heavy atom. The quantitative estimate of drug-likeness (QED) is 0.754. The molecule has 0 bridgehead atoms. The van der Waals surface area contributed by atoms with Crippen LogP contribution in [0.2, 0.25) is 0 Å². The number of rotatable bonds is 5. The minimum absolute atomic E-state index is 0.0490. The normalized spacial score (nSPS) is 19.1. The molecule has 3 heteroatoms. The Balaban J connectivity index is 1.47. The first-order chi connectivity index (χ1) is 12.1. The van der Waals surface area contributed by atoms with Gasteiger partial charge in [-0.1, -0.05) is 56.3 Å². The van der Waals surface area contributed by atoms with Crippen LogP contribution in [0.25, 0.3) is 0 Å². The number of hydrogen-bond donors (Lipinski definition) is 0. The molecule has 2 nitrogen and oxygen atoms in total. The minimum atomic E-state index is 0.0490. The lowest BCUT2D eigenvalue weighted by Crippen LogP contribution is -2.38. The van der Waals surface area contributed by atoms with Crippen molar-refractivity contribution in [1.82, 2.24) is 4.90 Å². The summed E-state index contributed by atoms with van der Waals surface area (Å²) in [5, 5.41) is 0.0490. The predicted octanol–water partition coefficient (Wildman–Crippen LogP) is 5.02. The topological polar surface area (TPSA) is 20.3 Å². The van der Waals surface area contributed by atoms with Crippen LogP contribution in [0.1, 0.15) is 49.3 Å². The monoisotopic (exact) mass is 351 g/mol. The number of hydrogen-bond acceptors (Lipinski definition) is 2. The molecule has 0 radical (unpaired) electrons. The molecule has 2 aliphatic rings. The Hall–Kier alpha value is -1.74. The fourth-order valence-electron chi connectivity index (χ4n) is 3.48. The lowest BCUT2D eigenvalue weighted by molar-refractivity contribution is -0.131. The van der Waals surface area contributed by atoms with Crippen molar-refractivity contribution in [3.8, 4) is 0 Å². The van der Waals surface area contributed by atoms with E-state index in [1.54, 1.807) is 11.8 Å². The van der Waals surface area contributed by atoms with E-state index in [1.807, 2.05) is 0 Å². The molecule has 0 aromatic heterocycles. The smallest absolute Gasteiger partial charge is 0.236 e. The van der Waals surface area contributed by atoms with Crippen molar-refractivity contribution in [2.75, 3.05) is 0 Å². The maximum atomic E-state index is 13.2. The molecule has 1 aliphatic carbocycles. The minimum Gasteiger partial charge on any atom is -0.334 e. The predicted molar refractivity (Wildman–Crippen MR) is 104 cm³/mol. The zero-order chi connectivity index (χ0) is 17.4. The Kier molecular flexibility index (Phi) is 4.60. The highest BCUT2D eigenvalue weighted by atomic mass is 32.2. The van der Waals surface area contributed by atoms with Gasteiger partial charge < -0.3 is 4.90 Å². The van der Waals surface area contributed by atoms with Gasteiger partial charge in [0.15, 0.2) is 0 Å². The van der Waals surface area contributed by atoms with E-state index in [2.05, 4.69) is 67.3 Å². The number of carbonyl (C=O) groups is 1. The SMILES string of the molecule is CC(C)c1ccc(CN(C(=O)C2Cc3ccccc3S2)C2CC2)cc1. The maximum absolute atomic E-state index is 13.2.